The first-order chi connectivity index (χ1) is 14.1. The zero-order valence-electron chi connectivity index (χ0n) is 16.0. The van der Waals surface area contributed by atoms with Gasteiger partial charge >= 0.3 is 12.1 Å². The van der Waals surface area contributed by atoms with E-state index in [1.54, 1.807) is 0 Å². The number of nitrogens with one attached hydrogen (secondary N) is 1. The number of halogens is 3. The molecular formula is C19H18F3NO6S2. The summed E-state index contributed by atoms with van der Waals surface area (Å²) in [6.45, 7) is 0. The Morgan fingerprint density at radius 2 is 1.68 bits per heavy atom. The summed E-state index contributed by atoms with van der Waals surface area (Å²) < 4.78 is 87.9. The maximum absolute atomic E-state index is 13.1. The lowest BCUT2D eigenvalue weighted by atomic mass is 9.94. The molecule has 0 aliphatic heterocycles. The molecule has 7 nitrogen and oxygen atoms in total. The number of sulfone groups is 2. The summed E-state index contributed by atoms with van der Waals surface area (Å²) in [4.78, 5) is 10.5. The Bertz CT molecular complexity index is 1220. The van der Waals surface area contributed by atoms with Gasteiger partial charge in [0.2, 0.25) is 0 Å². The average molecular weight is 477 g/mol. The average Bonchev–Trinajstić information content (AvgIpc) is 2.66. The minimum absolute atomic E-state index is 0.0524. The van der Waals surface area contributed by atoms with Crippen molar-refractivity contribution in [1.82, 2.24) is 0 Å². The molecule has 0 bridgehead atoms. The van der Waals surface area contributed by atoms with E-state index < -0.39 is 66.1 Å². The van der Waals surface area contributed by atoms with Crippen LogP contribution in [0, 0.1) is 11.3 Å². The Morgan fingerprint density at radius 3 is 2.23 bits per heavy atom. The third kappa shape index (κ3) is 5.91. The lowest BCUT2D eigenvalue weighted by Crippen LogP contribution is -2.27. The smallest absolute Gasteiger partial charge is 0.417 e. The molecule has 0 amide bonds. The second kappa shape index (κ2) is 8.79. The van der Waals surface area contributed by atoms with Crippen LogP contribution < -0.4 is 0 Å². The second-order valence-corrected chi connectivity index (χ2v) is 10.8. The summed E-state index contributed by atoms with van der Waals surface area (Å²) in [6.07, 6.45) is -4.67. The van der Waals surface area contributed by atoms with E-state index in [0.29, 0.717) is 6.07 Å². The molecule has 1 unspecified atom stereocenters. The highest BCUT2D eigenvalue weighted by Gasteiger charge is 2.37. The van der Waals surface area contributed by atoms with Crippen molar-refractivity contribution in [1.29, 1.82) is 5.41 Å². The molecule has 0 heterocycles. The van der Waals surface area contributed by atoms with Crippen LogP contribution in [-0.2, 0) is 30.6 Å². The highest BCUT2D eigenvalue weighted by molar-refractivity contribution is 7.91. The first kappa shape index (κ1) is 24.5. The number of carbonyl (C=O) groups is 1. The van der Waals surface area contributed by atoms with Crippen LogP contribution in [0.4, 0.5) is 13.2 Å². The Hall–Kier alpha value is -2.73. The first-order valence-electron chi connectivity index (χ1n) is 8.65. The molecule has 0 saturated heterocycles. The number of rotatable bonds is 8. The van der Waals surface area contributed by atoms with Gasteiger partial charge in [-0.25, -0.2) is 16.8 Å². The van der Waals surface area contributed by atoms with E-state index in [0.717, 1.165) is 30.5 Å². The SMILES string of the molecule is CS(=O)(=O)c1cccc(C(=N)C(CCS(=O)(=O)c2ccccc2C(F)(F)F)C(=O)O)c1. The first-order valence-corrected chi connectivity index (χ1v) is 12.2. The molecule has 12 heteroatoms. The van der Waals surface area contributed by atoms with E-state index in [-0.39, 0.29) is 10.5 Å². The van der Waals surface area contributed by atoms with E-state index >= 15 is 0 Å². The predicted octanol–water partition coefficient (Wildman–Crippen LogP) is 3.04. The monoisotopic (exact) mass is 477 g/mol. The molecule has 0 radical (unpaired) electrons. The van der Waals surface area contributed by atoms with Gasteiger partial charge in [0.1, 0.15) is 0 Å². The van der Waals surface area contributed by atoms with Crippen molar-refractivity contribution >= 4 is 31.4 Å². The number of carboxylic acids is 1. The van der Waals surface area contributed by atoms with Gasteiger partial charge < -0.3 is 10.5 Å². The van der Waals surface area contributed by atoms with Crippen molar-refractivity contribution in [3.8, 4) is 0 Å². The van der Waals surface area contributed by atoms with E-state index in [4.69, 9.17) is 5.41 Å². The Balaban J connectivity index is 2.34. The zero-order valence-corrected chi connectivity index (χ0v) is 17.7. The molecule has 31 heavy (non-hydrogen) atoms. The molecule has 2 aromatic rings. The van der Waals surface area contributed by atoms with Gasteiger partial charge in [0, 0.05) is 6.26 Å². The Morgan fingerprint density at radius 1 is 1.06 bits per heavy atom. The third-order valence-electron chi connectivity index (χ3n) is 4.42. The van der Waals surface area contributed by atoms with Crippen LogP contribution in [-0.4, -0.2) is 45.6 Å². The summed E-state index contributed by atoms with van der Waals surface area (Å²) in [6, 6.07) is 8.48. The lowest BCUT2D eigenvalue weighted by molar-refractivity contribution is -0.140. The summed E-state index contributed by atoms with van der Waals surface area (Å²) in [5.41, 5.74) is -1.97. The Labute approximate surface area is 176 Å². The molecule has 0 spiro atoms. The van der Waals surface area contributed by atoms with Crippen LogP contribution in [0.15, 0.2) is 58.3 Å². The summed E-state index contributed by atoms with van der Waals surface area (Å²) >= 11 is 0. The summed E-state index contributed by atoms with van der Waals surface area (Å²) in [5, 5.41) is 17.6. The van der Waals surface area contributed by atoms with Crippen molar-refractivity contribution < 1.29 is 39.9 Å². The fourth-order valence-corrected chi connectivity index (χ4v) is 5.08. The van der Waals surface area contributed by atoms with Gasteiger partial charge in [-0.2, -0.15) is 13.2 Å². The number of hydrogen-bond acceptors (Lipinski definition) is 6. The van der Waals surface area contributed by atoms with Crippen LogP contribution in [0.25, 0.3) is 0 Å². The number of benzene rings is 2. The molecule has 0 aromatic heterocycles. The van der Waals surface area contributed by atoms with Crippen LogP contribution in [0.3, 0.4) is 0 Å². The van der Waals surface area contributed by atoms with E-state index in [1.807, 2.05) is 0 Å². The quantitative estimate of drug-likeness (QED) is 0.562. The standard InChI is InChI=1S/C19H18F3NO6S2/c1-30(26,27)13-6-4-5-12(11-13)17(23)14(18(24)25)9-10-31(28,29)16-8-3-2-7-15(16)19(20,21)22/h2-8,11,14,23H,9-10H2,1H3,(H,24,25). The minimum Gasteiger partial charge on any atom is -0.481 e. The van der Waals surface area contributed by atoms with Gasteiger partial charge in [0.15, 0.2) is 19.7 Å². The minimum atomic E-state index is -4.92. The molecule has 0 fully saturated rings. The molecular weight excluding hydrogens is 459 g/mol. The van der Waals surface area contributed by atoms with Gasteiger partial charge in [0.05, 0.1) is 32.7 Å². The number of carboxylic acid groups (broad SMARTS) is 1. The molecule has 2 rings (SSSR count). The number of hydrogen-bond donors (Lipinski definition) is 2. The molecule has 0 aliphatic rings. The fourth-order valence-electron chi connectivity index (χ4n) is 2.84. The Kier molecular flexibility index (Phi) is 6.96. The van der Waals surface area contributed by atoms with Crippen LogP contribution >= 0.6 is 0 Å². The highest BCUT2D eigenvalue weighted by Crippen LogP contribution is 2.34. The van der Waals surface area contributed by atoms with Crippen molar-refractivity contribution in [2.45, 2.75) is 22.4 Å². The molecule has 1 atom stereocenters. The van der Waals surface area contributed by atoms with E-state index in [9.17, 15) is 39.9 Å². The maximum Gasteiger partial charge on any atom is 0.417 e. The lowest BCUT2D eigenvalue weighted by Gasteiger charge is -2.16. The number of alkyl halides is 3. The third-order valence-corrected chi connectivity index (χ3v) is 7.33. The number of aliphatic carboxylic acids is 1. The molecule has 2 N–H and O–H groups in total. The zero-order chi connectivity index (χ0) is 23.6. The van der Waals surface area contributed by atoms with E-state index in [2.05, 4.69) is 0 Å². The van der Waals surface area contributed by atoms with Crippen molar-refractivity contribution in [3.63, 3.8) is 0 Å². The van der Waals surface area contributed by atoms with Gasteiger partial charge in [-0.1, -0.05) is 24.3 Å². The van der Waals surface area contributed by atoms with Gasteiger partial charge in [-0.3, -0.25) is 4.79 Å². The van der Waals surface area contributed by atoms with Gasteiger partial charge in [-0.05, 0) is 36.2 Å². The molecule has 168 valence electrons. The predicted molar refractivity (Wildman–Crippen MR) is 106 cm³/mol. The van der Waals surface area contributed by atoms with Crippen molar-refractivity contribution in [2.75, 3.05) is 12.0 Å². The van der Waals surface area contributed by atoms with Crippen molar-refractivity contribution in [3.05, 3.63) is 59.7 Å². The van der Waals surface area contributed by atoms with Crippen LogP contribution in [0.2, 0.25) is 0 Å². The van der Waals surface area contributed by atoms with Gasteiger partial charge in [-0.15, -0.1) is 0 Å². The molecule has 0 saturated carbocycles. The normalized spacial score (nSPS) is 13.5. The largest absolute Gasteiger partial charge is 0.481 e. The maximum atomic E-state index is 13.1. The molecule has 0 aliphatic carbocycles. The topological polar surface area (TPSA) is 129 Å². The second-order valence-electron chi connectivity index (χ2n) is 6.71. The highest BCUT2D eigenvalue weighted by atomic mass is 32.2. The van der Waals surface area contributed by atoms with E-state index in [1.165, 1.54) is 18.2 Å². The van der Waals surface area contributed by atoms with Crippen molar-refractivity contribution in [2.24, 2.45) is 5.92 Å². The van der Waals surface area contributed by atoms with Crippen LogP contribution in [0.1, 0.15) is 17.5 Å². The molecule has 2 aromatic carbocycles. The van der Waals surface area contributed by atoms with Crippen LogP contribution in [0.5, 0.6) is 0 Å². The summed E-state index contributed by atoms with van der Waals surface area (Å²) in [5.74, 6) is -4.19. The fraction of sp³-hybridized carbons (Fsp3) is 0.263. The van der Waals surface area contributed by atoms with Gasteiger partial charge in [0.25, 0.3) is 0 Å². The summed E-state index contributed by atoms with van der Waals surface area (Å²) in [7, 11) is -8.17.